The number of fused-ring (bicyclic) bond motifs is 1. The number of urea groups is 1. The highest BCUT2D eigenvalue weighted by molar-refractivity contribution is 5.74. The van der Waals surface area contributed by atoms with Gasteiger partial charge >= 0.3 is 12.6 Å². The van der Waals surface area contributed by atoms with Gasteiger partial charge in [-0.25, -0.2) is 9.78 Å². The number of ether oxygens (including phenoxy) is 1. The minimum Gasteiger partial charge on any atom is -0.417 e. The zero-order valence-corrected chi connectivity index (χ0v) is 12.1. The van der Waals surface area contributed by atoms with Crippen LogP contribution >= 0.6 is 0 Å². The molecule has 7 heteroatoms. The first-order chi connectivity index (χ1) is 10.6. The van der Waals surface area contributed by atoms with Crippen molar-refractivity contribution in [3.63, 3.8) is 0 Å². The number of carbonyl (C=O) groups excluding carboxylic acids is 1. The Morgan fingerprint density at radius 3 is 2.86 bits per heavy atom. The van der Waals surface area contributed by atoms with Crippen LogP contribution in [-0.2, 0) is 6.54 Å². The lowest BCUT2D eigenvalue weighted by molar-refractivity contribution is -0.0529. The Balaban J connectivity index is 1.46. The van der Waals surface area contributed by atoms with Crippen molar-refractivity contribution in [3.05, 3.63) is 23.9 Å². The average molecular weight is 311 g/mol. The maximum atomic E-state index is 12.1. The maximum Gasteiger partial charge on any atom is 0.388 e. The van der Waals surface area contributed by atoms with Crippen LogP contribution in [0, 0.1) is 11.8 Å². The normalized spacial score (nSPS) is 26.2. The van der Waals surface area contributed by atoms with E-state index in [-0.39, 0.29) is 24.5 Å². The van der Waals surface area contributed by atoms with Crippen LogP contribution in [0.25, 0.3) is 0 Å². The van der Waals surface area contributed by atoms with Crippen molar-refractivity contribution in [1.29, 1.82) is 0 Å². The fraction of sp³-hybridized carbons (Fsp3) is 0.600. The van der Waals surface area contributed by atoms with Gasteiger partial charge in [-0.15, -0.1) is 0 Å². The molecule has 2 saturated carbocycles. The van der Waals surface area contributed by atoms with Crippen LogP contribution in [0.5, 0.6) is 5.88 Å². The number of halogens is 2. The van der Waals surface area contributed by atoms with E-state index in [9.17, 15) is 13.6 Å². The molecule has 0 unspecified atom stereocenters. The topological polar surface area (TPSA) is 63.2 Å². The molecule has 3 atom stereocenters. The van der Waals surface area contributed by atoms with Crippen molar-refractivity contribution in [2.45, 2.75) is 44.9 Å². The van der Waals surface area contributed by atoms with E-state index < -0.39 is 6.61 Å². The summed E-state index contributed by atoms with van der Waals surface area (Å²) in [7, 11) is 0. The second kappa shape index (κ2) is 6.46. The van der Waals surface area contributed by atoms with Gasteiger partial charge in [0.2, 0.25) is 5.88 Å². The molecule has 0 bridgehead atoms. The molecule has 0 radical (unpaired) electrons. The van der Waals surface area contributed by atoms with E-state index in [0.29, 0.717) is 11.5 Å². The Hall–Kier alpha value is -1.92. The minimum atomic E-state index is -2.91. The van der Waals surface area contributed by atoms with E-state index in [4.69, 9.17) is 0 Å². The van der Waals surface area contributed by atoms with Crippen LogP contribution in [0.15, 0.2) is 18.3 Å². The van der Waals surface area contributed by atoms with Crippen molar-refractivity contribution in [2.75, 3.05) is 0 Å². The van der Waals surface area contributed by atoms with Gasteiger partial charge in [-0.2, -0.15) is 8.78 Å². The Morgan fingerprint density at radius 1 is 1.36 bits per heavy atom. The van der Waals surface area contributed by atoms with E-state index in [1.165, 1.54) is 31.5 Å². The molecule has 1 aromatic rings. The molecular formula is C15H19F2N3O2. The quantitative estimate of drug-likeness (QED) is 0.879. The SMILES string of the molecule is O=C(NCc1ccnc(OC(F)F)c1)N[C@@H]1CC[C@@H]2CC[C@@H]21. The van der Waals surface area contributed by atoms with E-state index in [1.54, 1.807) is 6.07 Å². The number of aromatic nitrogens is 1. The van der Waals surface area contributed by atoms with Crippen molar-refractivity contribution < 1.29 is 18.3 Å². The highest BCUT2D eigenvalue weighted by Gasteiger charge is 2.42. The summed E-state index contributed by atoms with van der Waals surface area (Å²) < 4.78 is 28.5. The number of hydrogen-bond acceptors (Lipinski definition) is 3. The van der Waals surface area contributed by atoms with Gasteiger partial charge in [0.25, 0.3) is 0 Å². The van der Waals surface area contributed by atoms with Crippen molar-refractivity contribution in [2.24, 2.45) is 11.8 Å². The molecule has 2 amide bonds. The predicted molar refractivity (Wildman–Crippen MR) is 75.5 cm³/mol. The largest absolute Gasteiger partial charge is 0.417 e. The van der Waals surface area contributed by atoms with E-state index in [0.717, 1.165) is 12.3 Å². The molecule has 1 aromatic heterocycles. The number of rotatable bonds is 5. The molecule has 2 aliphatic carbocycles. The molecule has 22 heavy (non-hydrogen) atoms. The summed E-state index contributed by atoms with van der Waals surface area (Å²) in [6.07, 6.45) is 6.12. The number of pyridine rings is 1. The van der Waals surface area contributed by atoms with Crippen LogP contribution in [0.1, 0.15) is 31.2 Å². The Kier molecular flexibility index (Phi) is 4.40. The molecule has 3 rings (SSSR count). The second-order valence-electron chi connectivity index (χ2n) is 5.89. The molecule has 5 nitrogen and oxygen atoms in total. The van der Waals surface area contributed by atoms with Crippen LogP contribution in [-0.4, -0.2) is 23.7 Å². The van der Waals surface area contributed by atoms with Gasteiger partial charge in [-0.1, -0.05) is 0 Å². The van der Waals surface area contributed by atoms with E-state index in [1.807, 2.05) is 0 Å². The van der Waals surface area contributed by atoms with Gasteiger partial charge in [0.1, 0.15) is 0 Å². The second-order valence-corrected chi connectivity index (χ2v) is 5.89. The molecule has 0 aromatic carbocycles. The summed E-state index contributed by atoms with van der Waals surface area (Å²) in [5.74, 6) is 1.28. The standard InChI is InChI=1S/C15H19F2N3O2/c16-14(17)22-13-7-9(5-6-18-13)8-19-15(21)20-12-4-2-10-1-3-11(10)12/h5-7,10-12,14H,1-4,8H2,(H2,19,20,21)/t10-,11-,12+/m0/s1. The van der Waals surface area contributed by atoms with Crippen molar-refractivity contribution in [3.8, 4) is 5.88 Å². The van der Waals surface area contributed by atoms with Crippen molar-refractivity contribution in [1.82, 2.24) is 15.6 Å². The molecule has 2 fully saturated rings. The molecule has 120 valence electrons. The first-order valence-electron chi connectivity index (χ1n) is 7.56. The van der Waals surface area contributed by atoms with Gasteiger partial charge in [0, 0.05) is 24.8 Å². The van der Waals surface area contributed by atoms with Crippen LogP contribution in [0.3, 0.4) is 0 Å². The third kappa shape index (κ3) is 3.45. The Morgan fingerprint density at radius 2 is 2.18 bits per heavy atom. The Bertz CT molecular complexity index is 541. The molecule has 0 aliphatic heterocycles. The van der Waals surface area contributed by atoms with Gasteiger partial charge in [-0.3, -0.25) is 0 Å². The summed E-state index contributed by atoms with van der Waals surface area (Å²) in [4.78, 5) is 15.6. The number of carbonyl (C=O) groups is 1. The molecule has 2 aliphatic rings. The smallest absolute Gasteiger partial charge is 0.388 e. The van der Waals surface area contributed by atoms with E-state index >= 15 is 0 Å². The monoisotopic (exact) mass is 311 g/mol. The number of amides is 2. The zero-order valence-electron chi connectivity index (χ0n) is 12.1. The molecule has 0 spiro atoms. The Labute approximate surface area is 127 Å². The summed E-state index contributed by atoms with van der Waals surface area (Å²) in [6.45, 7) is -2.66. The number of hydrogen-bond donors (Lipinski definition) is 2. The first kappa shape index (κ1) is 15.0. The molecular weight excluding hydrogens is 292 g/mol. The number of nitrogens with zero attached hydrogens (tertiary/aromatic N) is 1. The molecule has 0 saturated heterocycles. The van der Waals surface area contributed by atoms with Crippen LogP contribution in [0.4, 0.5) is 13.6 Å². The van der Waals surface area contributed by atoms with Crippen LogP contribution < -0.4 is 15.4 Å². The van der Waals surface area contributed by atoms with Gasteiger partial charge < -0.3 is 15.4 Å². The maximum absolute atomic E-state index is 12.1. The minimum absolute atomic E-state index is 0.150. The highest BCUT2D eigenvalue weighted by Crippen LogP contribution is 2.46. The summed E-state index contributed by atoms with van der Waals surface area (Å²) in [5, 5.41) is 5.76. The van der Waals surface area contributed by atoms with Crippen LogP contribution in [0.2, 0.25) is 0 Å². The van der Waals surface area contributed by atoms with E-state index in [2.05, 4.69) is 20.4 Å². The lowest BCUT2D eigenvalue weighted by Gasteiger charge is -2.34. The van der Waals surface area contributed by atoms with Gasteiger partial charge in [0.05, 0.1) is 0 Å². The summed E-state index contributed by atoms with van der Waals surface area (Å²) in [5.41, 5.74) is 0.661. The first-order valence-corrected chi connectivity index (χ1v) is 7.56. The summed E-state index contributed by atoms with van der Waals surface area (Å²) >= 11 is 0. The fourth-order valence-corrected chi connectivity index (χ4v) is 3.39. The van der Waals surface area contributed by atoms with Gasteiger partial charge in [0.15, 0.2) is 0 Å². The third-order valence-corrected chi connectivity index (χ3v) is 4.62. The average Bonchev–Trinajstić information content (AvgIpc) is 2.70. The molecule has 2 N–H and O–H groups in total. The number of nitrogens with one attached hydrogen (secondary N) is 2. The van der Waals surface area contributed by atoms with Gasteiger partial charge in [-0.05, 0) is 49.1 Å². The zero-order chi connectivity index (χ0) is 15.5. The number of alkyl halides is 2. The lowest BCUT2D eigenvalue weighted by atomic mass is 9.75. The fourth-order valence-electron chi connectivity index (χ4n) is 3.39. The summed E-state index contributed by atoms with van der Waals surface area (Å²) in [6, 6.07) is 3.10. The third-order valence-electron chi connectivity index (χ3n) is 4.62. The van der Waals surface area contributed by atoms with Crippen molar-refractivity contribution >= 4 is 6.03 Å². The highest BCUT2D eigenvalue weighted by atomic mass is 19.3. The lowest BCUT2D eigenvalue weighted by Crippen LogP contribution is -2.45. The predicted octanol–water partition coefficient (Wildman–Crippen LogP) is 2.67. The molecule has 1 heterocycles.